The lowest BCUT2D eigenvalue weighted by Gasteiger charge is -2.34. The van der Waals surface area contributed by atoms with Gasteiger partial charge in [-0.05, 0) is 24.9 Å². The molecule has 6 nitrogen and oxygen atoms in total. The summed E-state index contributed by atoms with van der Waals surface area (Å²) in [6.07, 6.45) is 4.24. The summed E-state index contributed by atoms with van der Waals surface area (Å²) in [4.78, 5) is 12.9. The fourth-order valence-corrected chi connectivity index (χ4v) is 3.00. The van der Waals surface area contributed by atoms with E-state index in [2.05, 4.69) is 19.8 Å². The second-order valence-electron chi connectivity index (χ2n) is 6.14. The van der Waals surface area contributed by atoms with Gasteiger partial charge in [0.05, 0.1) is 18.5 Å². The Labute approximate surface area is 142 Å². The first-order valence-corrected chi connectivity index (χ1v) is 8.44. The van der Waals surface area contributed by atoms with Gasteiger partial charge < -0.3 is 15.1 Å². The largest absolute Gasteiger partial charge is 0.505 e. The summed E-state index contributed by atoms with van der Waals surface area (Å²) in [5, 5.41) is 19.4. The molecule has 0 aliphatic carbocycles. The Morgan fingerprint density at radius 1 is 1.00 bits per heavy atom. The minimum Gasteiger partial charge on any atom is -0.505 e. The summed E-state index contributed by atoms with van der Waals surface area (Å²) in [5.74, 6) is 0.765. The maximum Gasteiger partial charge on any atom is 0.225 e. The molecule has 0 radical (unpaired) electrons. The van der Waals surface area contributed by atoms with Gasteiger partial charge in [0.1, 0.15) is 0 Å². The van der Waals surface area contributed by atoms with E-state index < -0.39 is 0 Å². The number of anilines is 1. The van der Waals surface area contributed by atoms with Crippen molar-refractivity contribution in [2.45, 2.75) is 18.9 Å². The van der Waals surface area contributed by atoms with Crippen LogP contribution in [-0.4, -0.2) is 57.8 Å². The van der Waals surface area contributed by atoms with Crippen LogP contribution < -0.4 is 4.90 Å². The number of rotatable bonds is 6. The molecule has 0 amide bonds. The number of aliphatic hydroxyl groups is 1. The number of hydrogen-bond donors (Lipinski definition) is 2. The zero-order valence-corrected chi connectivity index (χ0v) is 13.8. The molecule has 1 aliphatic rings. The lowest BCUT2D eigenvalue weighted by Crippen LogP contribution is -2.47. The third kappa shape index (κ3) is 4.43. The van der Waals surface area contributed by atoms with Gasteiger partial charge in [0, 0.05) is 26.2 Å². The third-order valence-corrected chi connectivity index (χ3v) is 4.42. The molecule has 1 aliphatic heterocycles. The Balaban J connectivity index is 1.39. The molecule has 1 atom stereocenters. The van der Waals surface area contributed by atoms with Crippen molar-refractivity contribution in [2.75, 3.05) is 37.6 Å². The molecular weight excluding hydrogens is 304 g/mol. The van der Waals surface area contributed by atoms with Crippen molar-refractivity contribution >= 4 is 5.95 Å². The molecular formula is C18H24N4O2. The number of benzene rings is 1. The molecule has 1 unspecified atom stereocenters. The Kier molecular flexibility index (Phi) is 5.61. The van der Waals surface area contributed by atoms with E-state index in [0.717, 1.165) is 51.1 Å². The lowest BCUT2D eigenvalue weighted by atomic mass is 10.0. The number of nitrogens with zero attached hydrogens (tertiary/aromatic N) is 4. The second kappa shape index (κ2) is 8.08. The molecule has 0 saturated carbocycles. The fraction of sp³-hybridized carbons (Fsp3) is 0.444. The average molecular weight is 328 g/mol. The zero-order chi connectivity index (χ0) is 16.8. The van der Waals surface area contributed by atoms with Gasteiger partial charge >= 0.3 is 0 Å². The van der Waals surface area contributed by atoms with Gasteiger partial charge in [0.25, 0.3) is 0 Å². The van der Waals surface area contributed by atoms with E-state index >= 15 is 0 Å². The smallest absolute Gasteiger partial charge is 0.225 e. The Bertz CT molecular complexity index is 613. The summed E-state index contributed by atoms with van der Waals surface area (Å²) < 4.78 is 0. The number of aromatic nitrogens is 2. The molecule has 1 aromatic heterocycles. The van der Waals surface area contributed by atoms with Crippen molar-refractivity contribution in [3.8, 4) is 5.75 Å². The number of aromatic hydroxyl groups is 1. The molecule has 24 heavy (non-hydrogen) atoms. The van der Waals surface area contributed by atoms with Gasteiger partial charge in [-0.15, -0.1) is 0 Å². The summed E-state index contributed by atoms with van der Waals surface area (Å²) in [5.41, 5.74) is 0.992. The van der Waals surface area contributed by atoms with E-state index in [1.165, 1.54) is 12.4 Å². The summed E-state index contributed by atoms with van der Waals surface area (Å²) >= 11 is 0. The molecule has 1 fully saturated rings. The minimum absolute atomic E-state index is 0.0920. The van der Waals surface area contributed by atoms with Crippen LogP contribution in [0.1, 0.15) is 24.5 Å². The first kappa shape index (κ1) is 16.7. The molecule has 2 aromatic rings. The highest BCUT2D eigenvalue weighted by Gasteiger charge is 2.19. The standard InChI is InChI=1S/C18H24N4O2/c23-16-13-19-18(20-14-16)22-11-9-21(10-12-22)8-4-7-17(24)15-5-2-1-3-6-15/h1-3,5-6,13-14,17,23-24H,4,7-12H2. The number of aliphatic hydroxyl groups excluding tert-OH is 1. The van der Waals surface area contributed by atoms with Crippen molar-refractivity contribution in [3.05, 3.63) is 48.3 Å². The van der Waals surface area contributed by atoms with E-state index in [9.17, 15) is 10.2 Å². The van der Waals surface area contributed by atoms with Gasteiger partial charge in [0.15, 0.2) is 5.75 Å². The van der Waals surface area contributed by atoms with E-state index in [1.54, 1.807) is 0 Å². The first-order valence-electron chi connectivity index (χ1n) is 8.44. The lowest BCUT2D eigenvalue weighted by molar-refractivity contribution is 0.154. The Morgan fingerprint density at radius 3 is 2.33 bits per heavy atom. The predicted molar refractivity (Wildman–Crippen MR) is 93.0 cm³/mol. The minimum atomic E-state index is -0.377. The van der Waals surface area contributed by atoms with Crippen LogP contribution in [0.3, 0.4) is 0 Å². The topological polar surface area (TPSA) is 72.7 Å². The van der Waals surface area contributed by atoms with E-state index in [4.69, 9.17) is 0 Å². The van der Waals surface area contributed by atoms with Crippen molar-refractivity contribution in [1.82, 2.24) is 14.9 Å². The highest BCUT2D eigenvalue weighted by molar-refractivity contribution is 5.31. The average Bonchev–Trinajstić information content (AvgIpc) is 2.64. The number of piperazine rings is 1. The Hall–Kier alpha value is -2.18. The van der Waals surface area contributed by atoms with Crippen molar-refractivity contribution in [2.24, 2.45) is 0 Å². The van der Waals surface area contributed by atoms with Crippen LogP contribution in [0, 0.1) is 0 Å². The fourth-order valence-electron chi connectivity index (χ4n) is 3.00. The monoisotopic (exact) mass is 328 g/mol. The molecule has 1 saturated heterocycles. The molecule has 0 spiro atoms. The van der Waals surface area contributed by atoms with Crippen LogP contribution in [0.5, 0.6) is 5.75 Å². The number of hydrogen-bond acceptors (Lipinski definition) is 6. The first-order chi connectivity index (χ1) is 11.7. The normalized spacial score (nSPS) is 17.0. The summed E-state index contributed by atoms with van der Waals surface area (Å²) in [7, 11) is 0. The van der Waals surface area contributed by atoms with Crippen molar-refractivity contribution in [1.29, 1.82) is 0 Å². The van der Waals surface area contributed by atoms with Crippen LogP contribution in [-0.2, 0) is 0 Å². The van der Waals surface area contributed by atoms with Gasteiger partial charge in [0.2, 0.25) is 5.95 Å². The van der Waals surface area contributed by atoms with Gasteiger partial charge in [-0.1, -0.05) is 30.3 Å². The van der Waals surface area contributed by atoms with Gasteiger partial charge in [-0.2, -0.15) is 0 Å². The van der Waals surface area contributed by atoms with Gasteiger partial charge in [-0.25, -0.2) is 9.97 Å². The van der Waals surface area contributed by atoms with Crippen LogP contribution >= 0.6 is 0 Å². The molecule has 1 aromatic carbocycles. The maximum atomic E-state index is 10.2. The van der Waals surface area contributed by atoms with Crippen LogP contribution in [0.4, 0.5) is 5.95 Å². The molecule has 3 rings (SSSR count). The van der Waals surface area contributed by atoms with Crippen LogP contribution in [0.15, 0.2) is 42.7 Å². The molecule has 128 valence electrons. The third-order valence-electron chi connectivity index (χ3n) is 4.42. The highest BCUT2D eigenvalue weighted by Crippen LogP contribution is 2.18. The van der Waals surface area contributed by atoms with E-state index in [0.29, 0.717) is 5.95 Å². The second-order valence-corrected chi connectivity index (χ2v) is 6.14. The predicted octanol–water partition coefficient (Wildman–Crippen LogP) is 1.82. The van der Waals surface area contributed by atoms with Crippen molar-refractivity contribution < 1.29 is 10.2 Å². The Morgan fingerprint density at radius 2 is 1.67 bits per heavy atom. The maximum absolute atomic E-state index is 10.2. The molecule has 0 bridgehead atoms. The van der Waals surface area contributed by atoms with E-state index in [1.807, 2.05) is 30.3 Å². The summed E-state index contributed by atoms with van der Waals surface area (Å²) in [6, 6.07) is 9.84. The zero-order valence-electron chi connectivity index (χ0n) is 13.8. The van der Waals surface area contributed by atoms with Crippen LogP contribution in [0.2, 0.25) is 0 Å². The summed E-state index contributed by atoms with van der Waals surface area (Å²) in [6.45, 7) is 4.68. The molecule has 2 N–H and O–H groups in total. The van der Waals surface area contributed by atoms with Gasteiger partial charge in [-0.3, -0.25) is 4.90 Å². The molecule has 6 heteroatoms. The van der Waals surface area contributed by atoms with Crippen LogP contribution in [0.25, 0.3) is 0 Å². The molecule has 2 heterocycles. The van der Waals surface area contributed by atoms with Crippen molar-refractivity contribution in [3.63, 3.8) is 0 Å². The van der Waals surface area contributed by atoms with E-state index in [-0.39, 0.29) is 11.9 Å². The SMILES string of the molecule is Oc1cnc(N2CCN(CCCC(O)c3ccccc3)CC2)nc1. The quantitative estimate of drug-likeness (QED) is 0.843. The highest BCUT2D eigenvalue weighted by atomic mass is 16.3.